The molecule has 1 N–H and O–H groups in total. The summed E-state index contributed by atoms with van der Waals surface area (Å²) in [5.41, 5.74) is 2.33. The van der Waals surface area contributed by atoms with Gasteiger partial charge in [-0.2, -0.15) is 0 Å². The van der Waals surface area contributed by atoms with Crippen molar-refractivity contribution in [3.05, 3.63) is 17.2 Å². The van der Waals surface area contributed by atoms with Gasteiger partial charge in [-0.05, 0) is 20.8 Å². The van der Waals surface area contributed by atoms with E-state index in [1.807, 2.05) is 20.8 Å². The average Bonchev–Trinajstić information content (AvgIpc) is 1.96. The topological polar surface area (TPSA) is 54.9 Å². The standard InChI is InChI=1S/C9H13N3O/c1-5-9(12-8(4)13)6(2)11-7(3)10-5/h1-4H3,(H,12,13). The third kappa shape index (κ3) is 2.24. The second kappa shape index (κ2) is 3.51. The third-order valence-electron chi connectivity index (χ3n) is 1.68. The molecule has 4 nitrogen and oxygen atoms in total. The van der Waals surface area contributed by atoms with Gasteiger partial charge < -0.3 is 5.32 Å². The Morgan fingerprint density at radius 2 is 1.62 bits per heavy atom. The fraction of sp³-hybridized carbons (Fsp3) is 0.444. The zero-order valence-electron chi connectivity index (χ0n) is 8.30. The summed E-state index contributed by atoms with van der Waals surface area (Å²) in [4.78, 5) is 19.2. The summed E-state index contributed by atoms with van der Waals surface area (Å²) in [5, 5.41) is 2.70. The number of nitrogens with one attached hydrogen (secondary N) is 1. The van der Waals surface area contributed by atoms with Gasteiger partial charge in [0.2, 0.25) is 5.91 Å². The maximum Gasteiger partial charge on any atom is 0.221 e. The Kier molecular flexibility index (Phi) is 2.60. The first-order valence-corrected chi connectivity index (χ1v) is 4.10. The molecule has 0 fully saturated rings. The van der Waals surface area contributed by atoms with Crippen LogP contribution in [0.15, 0.2) is 0 Å². The maximum absolute atomic E-state index is 10.8. The molecule has 0 aliphatic rings. The summed E-state index contributed by atoms with van der Waals surface area (Å²) in [6, 6.07) is 0. The molecule has 70 valence electrons. The Balaban J connectivity index is 3.13. The Morgan fingerprint density at radius 3 is 2.00 bits per heavy atom. The number of hydrogen-bond donors (Lipinski definition) is 1. The number of aromatic nitrogens is 2. The summed E-state index contributed by atoms with van der Waals surface area (Å²) in [7, 11) is 0. The van der Waals surface area contributed by atoms with E-state index in [1.54, 1.807) is 0 Å². The van der Waals surface area contributed by atoms with Crippen molar-refractivity contribution >= 4 is 11.6 Å². The molecule has 0 bridgehead atoms. The number of anilines is 1. The van der Waals surface area contributed by atoms with Crippen molar-refractivity contribution in [2.24, 2.45) is 0 Å². The van der Waals surface area contributed by atoms with Crippen LogP contribution in [0.5, 0.6) is 0 Å². The zero-order valence-corrected chi connectivity index (χ0v) is 8.30. The van der Waals surface area contributed by atoms with Crippen LogP contribution in [-0.2, 0) is 4.79 Å². The summed E-state index contributed by atoms with van der Waals surface area (Å²) < 4.78 is 0. The SMILES string of the molecule is CC(=O)Nc1c(C)nc(C)nc1C. The average molecular weight is 179 g/mol. The highest BCUT2D eigenvalue weighted by atomic mass is 16.1. The van der Waals surface area contributed by atoms with Gasteiger partial charge in [-0.3, -0.25) is 4.79 Å². The normalized spacial score (nSPS) is 9.85. The Hall–Kier alpha value is -1.45. The molecule has 1 aromatic rings. The minimum absolute atomic E-state index is 0.0985. The fourth-order valence-corrected chi connectivity index (χ4v) is 1.24. The Morgan fingerprint density at radius 1 is 1.15 bits per heavy atom. The first-order valence-electron chi connectivity index (χ1n) is 4.10. The van der Waals surface area contributed by atoms with E-state index >= 15 is 0 Å². The molecule has 13 heavy (non-hydrogen) atoms. The van der Waals surface area contributed by atoms with Gasteiger partial charge >= 0.3 is 0 Å². The van der Waals surface area contributed by atoms with Gasteiger partial charge in [0.05, 0.1) is 17.1 Å². The molecule has 0 aliphatic carbocycles. The van der Waals surface area contributed by atoms with E-state index in [0.29, 0.717) is 0 Å². The molecule has 1 heterocycles. The van der Waals surface area contributed by atoms with E-state index in [1.165, 1.54) is 6.92 Å². The Labute approximate surface area is 77.4 Å². The van der Waals surface area contributed by atoms with Crippen molar-refractivity contribution in [2.75, 3.05) is 5.32 Å². The molecule has 0 saturated heterocycles. The number of amides is 1. The smallest absolute Gasteiger partial charge is 0.221 e. The van der Waals surface area contributed by atoms with Gasteiger partial charge in [0.1, 0.15) is 5.82 Å². The fourth-order valence-electron chi connectivity index (χ4n) is 1.24. The molecule has 4 heteroatoms. The predicted molar refractivity (Wildman–Crippen MR) is 50.5 cm³/mol. The van der Waals surface area contributed by atoms with Crippen LogP contribution in [0.25, 0.3) is 0 Å². The molecule has 1 aromatic heterocycles. The monoisotopic (exact) mass is 179 g/mol. The molecule has 0 spiro atoms. The predicted octanol–water partition coefficient (Wildman–Crippen LogP) is 1.36. The Bertz CT molecular complexity index is 324. The van der Waals surface area contributed by atoms with E-state index in [4.69, 9.17) is 0 Å². The lowest BCUT2D eigenvalue weighted by Gasteiger charge is -2.08. The number of carbonyl (C=O) groups excluding carboxylic acids is 1. The second-order valence-corrected chi connectivity index (χ2v) is 3.00. The minimum Gasteiger partial charge on any atom is -0.323 e. The first kappa shape index (κ1) is 9.64. The lowest BCUT2D eigenvalue weighted by molar-refractivity contribution is -0.114. The van der Waals surface area contributed by atoms with E-state index < -0.39 is 0 Å². The number of aryl methyl sites for hydroxylation is 3. The van der Waals surface area contributed by atoms with Crippen molar-refractivity contribution in [3.8, 4) is 0 Å². The van der Waals surface area contributed by atoms with Crippen LogP contribution in [0.1, 0.15) is 24.1 Å². The van der Waals surface area contributed by atoms with Gasteiger partial charge in [-0.25, -0.2) is 9.97 Å². The lowest BCUT2D eigenvalue weighted by Crippen LogP contribution is -2.11. The van der Waals surface area contributed by atoms with Crippen LogP contribution in [0.3, 0.4) is 0 Å². The van der Waals surface area contributed by atoms with E-state index in [2.05, 4.69) is 15.3 Å². The molecule has 0 radical (unpaired) electrons. The van der Waals surface area contributed by atoms with E-state index in [9.17, 15) is 4.79 Å². The molecule has 0 saturated carbocycles. The number of rotatable bonds is 1. The highest BCUT2D eigenvalue weighted by molar-refractivity contribution is 5.89. The van der Waals surface area contributed by atoms with Crippen LogP contribution < -0.4 is 5.32 Å². The quantitative estimate of drug-likeness (QED) is 0.708. The molecule has 0 atom stereocenters. The van der Waals surface area contributed by atoms with Gasteiger partial charge in [-0.1, -0.05) is 0 Å². The molecule has 0 unspecified atom stereocenters. The second-order valence-electron chi connectivity index (χ2n) is 3.00. The van der Waals surface area contributed by atoms with Crippen molar-refractivity contribution in [2.45, 2.75) is 27.7 Å². The molecular formula is C9H13N3O. The van der Waals surface area contributed by atoms with Crippen LogP contribution in [0, 0.1) is 20.8 Å². The summed E-state index contributed by atoms with van der Waals surface area (Å²) >= 11 is 0. The lowest BCUT2D eigenvalue weighted by atomic mass is 10.2. The van der Waals surface area contributed by atoms with Crippen LogP contribution >= 0.6 is 0 Å². The van der Waals surface area contributed by atoms with Crippen molar-refractivity contribution < 1.29 is 4.79 Å². The third-order valence-corrected chi connectivity index (χ3v) is 1.68. The molecule has 0 aromatic carbocycles. The first-order chi connectivity index (χ1) is 6.00. The summed E-state index contributed by atoms with van der Waals surface area (Å²) in [6.07, 6.45) is 0. The molecule has 1 amide bonds. The largest absolute Gasteiger partial charge is 0.323 e. The summed E-state index contributed by atoms with van der Waals surface area (Å²) in [6.45, 7) is 7.01. The van der Waals surface area contributed by atoms with Crippen molar-refractivity contribution in [1.29, 1.82) is 0 Å². The number of hydrogen-bond acceptors (Lipinski definition) is 3. The van der Waals surface area contributed by atoms with Gasteiger partial charge in [0.25, 0.3) is 0 Å². The maximum atomic E-state index is 10.8. The highest BCUT2D eigenvalue weighted by Crippen LogP contribution is 2.15. The van der Waals surface area contributed by atoms with Crippen LogP contribution in [0.4, 0.5) is 5.69 Å². The summed E-state index contributed by atoms with van der Waals surface area (Å²) in [5.74, 6) is 0.628. The molecule has 1 rings (SSSR count). The van der Waals surface area contributed by atoms with E-state index in [0.717, 1.165) is 22.9 Å². The highest BCUT2D eigenvalue weighted by Gasteiger charge is 2.06. The van der Waals surface area contributed by atoms with E-state index in [-0.39, 0.29) is 5.91 Å². The number of nitrogens with zero attached hydrogens (tertiary/aromatic N) is 2. The molecular weight excluding hydrogens is 166 g/mol. The minimum atomic E-state index is -0.0985. The van der Waals surface area contributed by atoms with Crippen molar-refractivity contribution in [3.63, 3.8) is 0 Å². The zero-order chi connectivity index (χ0) is 10.0. The number of carbonyl (C=O) groups is 1. The van der Waals surface area contributed by atoms with Crippen LogP contribution in [0.2, 0.25) is 0 Å². The molecule has 0 aliphatic heterocycles. The van der Waals surface area contributed by atoms with Gasteiger partial charge in [-0.15, -0.1) is 0 Å². The van der Waals surface area contributed by atoms with Gasteiger partial charge in [0, 0.05) is 6.92 Å². The van der Waals surface area contributed by atoms with Gasteiger partial charge in [0.15, 0.2) is 0 Å². The van der Waals surface area contributed by atoms with Crippen LogP contribution in [-0.4, -0.2) is 15.9 Å². The van der Waals surface area contributed by atoms with Crippen molar-refractivity contribution in [1.82, 2.24) is 9.97 Å².